The zero-order chi connectivity index (χ0) is 14.8. The molecule has 0 aromatic heterocycles. The van der Waals surface area contributed by atoms with Crippen LogP contribution < -0.4 is 0 Å². The Labute approximate surface area is 111 Å². The van der Waals surface area contributed by atoms with Crippen molar-refractivity contribution in [2.75, 3.05) is 13.6 Å². The molecule has 7 heteroatoms. The molecule has 1 N–H and O–H groups in total. The first kappa shape index (κ1) is 15.7. The Bertz CT molecular complexity index is 599. The molecule has 0 aliphatic rings. The van der Waals surface area contributed by atoms with Gasteiger partial charge in [0.25, 0.3) is 0 Å². The third-order valence-corrected chi connectivity index (χ3v) is 4.31. The summed E-state index contributed by atoms with van der Waals surface area (Å²) in [6.45, 7) is 4.31. The maximum Gasteiger partial charge on any atom is 0.246 e. The molecule has 4 nitrogen and oxygen atoms in total. The number of nitrogens with zero attached hydrogens (tertiary/aromatic N) is 1. The van der Waals surface area contributed by atoms with Gasteiger partial charge in [-0.05, 0) is 19.1 Å². The SMILES string of the molecule is C=C(C)CN(C)S(=O)(=O)c1ccc(F)c(CO)c1F. The lowest BCUT2D eigenvalue weighted by molar-refractivity contribution is 0.267. The summed E-state index contributed by atoms with van der Waals surface area (Å²) in [5.74, 6) is -2.25. The van der Waals surface area contributed by atoms with E-state index < -0.39 is 38.7 Å². The third kappa shape index (κ3) is 3.17. The number of aliphatic hydroxyl groups is 1. The van der Waals surface area contributed by atoms with Crippen LogP contribution >= 0.6 is 0 Å². The highest BCUT2D eigenvalue weighted by atomic mass is 32.2. The molecule has 0 atom stereocenters. The number of benzene rings is 1. The summed E-state index contributed by atoms with van der Waals surface area (Å²) in [5.41, 5.74) is -0.0826. The molecule has 1 aromatic carbocycles. The van der Waals surface area contributed by atoms with Crippen molar-refractivity contribution in [2.24, 2.45) is 0 Å². The summed E-state index contributed by atoms with van der Waals surface area (Å²) in [4.78, 5) is -0.665. The van der Waals surface area contributed by atoms with Crippen LogP contribution in [0.25, 0.3) is 0 Å². The molecular weight excluding hydrogens is 276 g/mol. The van der Waals surface area contributed by atoms with Crippen molar-refractivity contribution in [1.82, 2.24) is 4.31 Å². The molecule has 0 heterocycles. The smallest absolute Gasteiger partial charge is 0.246 e. The summed E-state index contributed by atoms with van der Waals surface area (Å²) in [5, 5.41) is 8.87. The minimum Gasteiger partial charge on any atom is -0.391 e. The van der Waals surface area contributed by atoms with Gasteiger partial charge in [-0.25, -0.2) is 17.2 Å². The Kier molecular flexibility index (Phi) is 4.78. The molecule has 0 bridgehead atoms. The van der Waals surface area contributed by atoms with Crippen LogP contribution in [0.15, 0.2) is 29.2 Å². The highest BCUT2D eigenvalue weighted by molar-refractivity contribution is 7.89. The summed E-state index contributed by atoms with van der Waals surface area (Å²) in [7, 11) is -2.83. The van der Waals surface area contributed by atoms with Gasteiger partial charge in [0.2, 0.25) is 10.0 Å². The van der Waals surface area contributed by atoms with Gasteiger partial charge in [-0.2, -0.15) is 4.31 Å². The van der Waals surface area contributed by atoms with E-state index in [9.17, 15) is 17.2 Å². The van der Waals surface area contributed by atoms with Gasteiger partial charge in [0.15, 0.2) is 5.82 Å². The fraction of sp³-hybridized carbons (Fsp3) is 0.333. The first-order chi connectivity index (χ1) is 8.71. The van der Waals surface area contributed by atoms with Gasteiger partial charge in [0.1, 0.15) is 10.7 Å². The van der Waals surface area contributed by atoms with Crippen molar-refractivity contribution in [3.63, 3.8) is 0 Å². The van der Waals surface area contributed by atoms with Gasteiger partial charge in [-0.3, -0.25) is 0 Å². The maximum absolute atomic E-state index is 13.9. The Morgan fingerprint density at radius 3 is 2.47 bits per heavy atom. The zero-order valence-electron chi connectivity index (χ0n) is 10.7. The average molecular weight is 291 g/mol. The Balaban J connectivity index is 3.34. The van der Waals surface area contributed by atoms with E-state index in [4.69, 9.17) is 5.11 Å². The molecule has 0 fully saturated rings. The zero-order valence-corrected chi connectivity index (χ0v) is 11.5. The van der Waals surface area contributed by atoms with E-state index in [1.165, 1.54) is 7.05 Å². The van der Waals surface area contributed by atoms with Crippen LogP contribution in [-0.2, 0) is 16.6 Å². The lowest BCUT2D eigenvalue weighted by Gasteiger charge is -2.18. The monoisotopic (exact) mass is 291 g/mol. The Hall–Kier alpha value is -1.31. The second kappa shape index (κ2) is 5.77. The second-order valence-electron chi connectivity index (χ2n) is 4.21. The number of aliphatic hydroxyl groups excluding tert-OH is 1. The van der Waals surface area contributed by atoms with Crippen molar-refractivity contribution < 1.29 is 22.3 Å². The van der Waals surface area contributed by atoms with Gasteiger partial charge < -0.3 is 5.11 Å². The minimum absolute atomic E-state index is 0.0214. The lowest BCUT2D eigenvalue weighted by Crippen LogP contribution is -2.29. The lowest BCUT2D eigenvalue weighted by atomic mass is 10.2. The van der Waals surface area contributed by atoms with Crippen molar-refractivity contribution in [2.45, 2.75) is 18.4 Å². The minimum atomic E-state index is -4.09. The van der Waals surface area contributed by atoms with Crippen molar-refractivity contribution in [1.29, 1.82) is 0 Å². The molecule has 0 unspecified atom stereocenters. The number of hydrogen-bond donors (Lipinski definition) is 1. The summed E-state index contributed by atoms with van der Waals surface area (Å²) in [6.07, 6.45) is 0. The van der Waals surface area contributed by atoms with Crippen LogP contribution in [0, 0.1) is 11.6 Å². The van der Waals surface area contributed by atoms with E-state index in [1.807, 2.05) is 0 Å². The van der Waals surface area contributed by atoms with Gasteiger partial charge in [-0.1, -0.05) is 12.2 Å². The molecule has 1 rings (SSSR count). The molecule has 0 aliphatic carbocycles. The molecule has 0 spiro atoms. The van der Waals surface area contributed by atoms with E-state index in [1.54, 1.807) is 6.92 Å². The van der Waals surface area contributed by atoms with E-state index in [-0.39, 0.29) is 6.54 Å². The molecule has 0 saturated heterocycles. The molecule has 0 radical (unpaired) electrons. The van der Waals surface area contributed by atoms with Crippen LogP contribution in [0.2, 0.25) is 0 Å². The quantitative estimate of drug-likeness (QED) is 0.839. The maximum atomic E-state index is 13.9. The molecule has 106 valence electrons. The predicted octanol–water partition coefficient (Wildman–Crippen LogP) is 1.65. The van der Waals surface area contributed by atoms with Crippen LogP contribution in [0.3, 0.4) is 0 Å². The van der Waals surface area contributed by atoms with Crippen LogP contribution in [-0.4, -0.2) is 31.4 Å². The average Bonchev–Trinajstić information content (AvgIpc) is 2.28. The standard InChI is InChI=1S/C12H15F2NO3S/c1-8(2)6-15(3)19(17,18)11-5-4-10(13)9(7-16)12(11)14/h4-5,16H,1,6-7H2,2-3H3. The number of halogens is 2. The largest absolute Gasteiger partial charge is 0.391 e. The van der Waals surface area contributed by atoms with Crippen molar-refractivity contribution in [3.8, 4) is 0 Å². The summed E-state index contributed by atoms with van der Waals surface area (Å²) in [6, 6.07) is 1.66. The molecule has 0 amide bonds. The molecular formula is C12H15F2NO3S. The van der Waals surface area contributed by atoms with Gasteiger partial charge in [0, 0.05) is 13.6 Å². The van der Waals surface area contributed by atoms with Crippen molar-refractivity contribution >= 4 is 10.0 Å². The fourth-order valence-electron chi connectivity index (χ4n) is 1.55. The van der Waals surface area contributed by atoms with Gasteiger partial charge in [-0.15, -0.1) is 0 Å². The van der Waals surface area contributed by atoms with E-state index >= 15 is 0 Å². The summed E-state index contributed by atoms with van der Waals surface area (Å²) < 4.78 is 52.2. The fourth-order valence-corrected chi connectivity index (χ4v) is 2.87. The van der Waals surface area contributed by atoms with E-state index in [0.717, 1.165) is 16.4 Å². The Morgan fingerprint density at radius 2 is 2.00 bits per heavy atom. The number of likely N-dealkylation sites (N-methyl/N-ethyl adjacent to an activating group) is 1. The number of hydrogen-bond acceptors (Lipinski definition) is 3. The first-order valence-corrected chi connectivity index (χ1v) is 6.84. The van der Waals surface area contributed by atoms with Crippen LogP contribution in [0.1, 0.15) is 12.5 Å². The normalized spacial score (nSPS) is 11.9. The predicted molar refractivity (Wildman–Crippen MR) is 66.9 cm³/mol. The topological polar surface area (TPSA) is 57.6 Å². The molecule has 0 aliphatic heterocycles. The molecule has 19 heavy (non-hydrogen) atoms. The van der Waals surface area contributed by atoms with Crippen LogP contribution in [0.4, 0.5) is 8.78 Å². The van der Waals surface area contributed by atoms with Gasteiger partial charge >= 0.3 is 0 Å². The Morgan fingerprint density at radius 1 is 1.42 bits per heavy atom. The summed E-state index contributed by atoms with van der Waals surface area (Å²) >= 11 is 0. The van der Waals surface area contributed by atoms with Gasteiger partial charge in [0.05, 0.1) is 12.2 Å². The molecule has 0 saturated carbocycles. The van der Waals surface area contributed by atoms with Crippen LogP contribution in [0.5, 0.6) is 0 Å². The van der Waals surface area contributed by atoms with E-state index in [0.29, 0.717) is 5.57 Å². The number of sulfonamides is 1. The second-order valence-corrected chi connectivity index (χ2v) is 6.23. The van der Waals surface area contributed by atoms with Crippen molar-refractivity contribution in [3.05, 3.63) is 41.5 Å². The van der Waals surface area contributed by atoms with E-state index in [2.05, 4.69) is 6.58 Å². The highest BCUT2D eigenvalue weighted by Crippen LogP contribution is 2.23. The first-order valence-electron chi connectivity index (χ1n) is 5.40. The third-order valence-electron chi connectivity index (χ3n) is 2.49. The number of rotatable bonds is 5. The highest BCUT2D eigenvalue weighted by Gasteiger charge is 2.27. The molecule has 1 aromatic rings.